The summed E-state index contributed by atoms with van der Waals surface area (Å²) in [7, 11) is 3.06. The Labute approximate surface area is 253 Å². The molecule has 12 heteroatoms. The molecule has 1 saturated carbocycles. The Hall–Kier alpha value is -3.73. The minimum absolute atomic E-state index is 0.0113. The summed E-state index contributed by atoms with van der Waals surface area (Å²) >= 11 is 13.5. The van der Waals surface area contributed by atoms with Gasteiger partial charge in [0.05, 0.1) is 55.4 Å². The van der Waals surface area contributed by atoms with Crippen molar-refractivity contribution in [2.45, 2.75) is 31.8 Å². The number of benzene rings is 1. The number of anilines is 1. The van der Waals surface area contributed by atoms with Gasteiger partial charge in [-0.15, -0.1) is 0 Å². The average molecular weight is 610 g/mol. The Morgan fingerprint density at radius 2 is 1.90 bits per heavy atom. The normalized spacial score (nSPS) is 18.3. The highest BCUT2D eigenvalue weighted by Crippen LogP contribution is 2.46. The minimum atomic E-state index is -0.120. The van der Waals surface area contributed by atoms with E-state index in [4.69, 9.17) is 47.4 Å². The third-order valence-electron chi connectivity index (χ3n) is 7.65. The summed E-state index contributed by atoms with van der Waals surface area (Å²) in [6, 6.07) is 3.36. The van der Waals surface area contributed by atoms with E-state index >= 15 is 0 Å². The van der Waals surface area contributed by atoms with Gasteiger partial charge in [0.2, 0.25) is 5.95 Å². The number of methoxy groups -OCH3 is 2. The van der Waals surface area contributed by atoms with Crippen molar-refractivity contribution in [3.8, 4) is 34.0 Å². The lowest BCUT2D eigenvalue weighted by Crippen LogP contribution is -2.30. The van der Waals surface area contributed by atoms with Gasteiger partial charge in [-0.05, 0) is 30.9 Å². The standard InChI is InChI=1S/C30H30Cl2N6O4/c1-4-20(39)7-18-14-42-15-22(18)36-30-33-10-17-8-21(25-26(31)23(40-2)9-24(41-3)27(25)32)35-29(28(17)37-30)19-11-34-38(13-19)12-16-5-6-16/h4,8-11,13,16,18,22H,1,5-7,12,14-15H2,2-3H3,(H,33,36,37)/t18-,22+/m0/s1. The first kappa shape index (κ1) is 28.4. The zero-order chi connectivity index (χ0) is 29.4. The summed E-state index contributed by atoms with van der Waals surface area (Å²) in [6.07, 6.45) is 9.62. The van der Waals surface area contributed by atoms with E-state index in [0.29, 0.717) is 75.5 Å². The van der Waals surface area contributed by atoms with Gasteiger partial charge >= 0.3 is 0 Å². The third kappa shape index (κ3) is 5.66. The zero-order valence-corrected chi connectivity index (χ0v) is 24.8. The minimum Gasteiger partial charge on any atom is -0.495 e. The molecule has 2 fully saturated rings. The molecule has 2 atom stereocenters. The van der Waals surface area contributed by atoms with Crippen LogP contribution >= 0.6 is 23.2 Å². The summed E-state index contributed by atoms with van der Waals surface area (Å²) < 4.78 is 18.6. The summed E-state index contributed by atoms with van der Waals surface area (Å²) in [5.41, 5.74) is 3.01. The molecule has 2 aliphatic rings. The molecule has 1 aliphatic heterocycles. The molecule has 3 aromatic heterocycles. The number of allylic oxidation sites excluding steroid dienone is 1. The van der Waals surface area contributed by atoms with E-state index in [1.807, 2.05) is 16.9 Å². The lowest BCUT2D eigenvalue weighted by molar-refractivity contribution is -0.115. The molecule has 4 aromatic rings. The molecule has 10 nitrogen and oxygen atoms in total. The topological polar surface area (TPSA) is 113 Å². The number of rotatable bonds is 11. The monoisotopic (exact) mass is 608 g/mol. The molecule has 4 heterocycles. The quantitative estimate of drug-likeness (QED) is 0.209. The van der Waals surface area contributed by atoms with E-state index in [2.05, 4.69) is 22.0 Å². The van der Waals surface area contributed by atoms with Crippen molar-refractivity contribution in [1.29, 1.82) is 0 Å². The third-order valence-corrected chi connectivity index (χ3v) is 8.40. The van der Waals surface area contributed by atoms with Gasteiger partial charge in [-0.3, -0.25) is 9.48 Å². The van der Waals surface area contributed by atoms with Crippen LogP contribution in [0.3, 0.4) is 0 Å². The van der Waals surface area contributed by atoms with Crippen LogP contribution in [0.15, 0.2) is 43.4 Å². The predicted octanol–water partition coefficient (Wildman–Crippen LogP) is 5.86. The maximum atomic E-state index is 12.0. The fourth-order valence-electron chi connectivity index (χ4n) is 5.17. The Balaban J connectivity index is 1.45. The zero-order valence-electron chi connectivity index (χ0n) is 23.3. The van der Waals surface area contributed by atoms with Crippen LogP contribution in [0.25, 0.3) is 33.4 Å². The van der Waals surface area contributed by atoms with Crippen molar-refractivity contribution in [1.82, 2.24) is 24.7 Å². The Morgan fingerprint density at radius 3 is 2.60 bits per heavy atom. The molecule has 42 heavy (non-hydrogen) atoms. The molecule has 0 unspecified atom stereocenters. The first-order valence-corrected chi connectivity index (χ1v) is 14.4. The van der Waals surface area contributed by atoms with Crippen LogP contribution in [0.5, 0.6) is 11.5 Å². The van der Waals surface area contributed by atoms with E-state index in [0.717, 1.165) is 17.5 Å². The van der Waals surface area contributed by atoms with Crippen LogP contribution < -0.4 is 14.8 Å². The number of aromatic nitrogens is 5. The van der Waals surface area contributed by atoms with Gasteiger partial charge in [-0.1, -0.05) is 29.8 Å². The molecule has 0 spiro atoms. The van der Waals surface area contributed by atoms with Crippen molar-refractivity contribution in [2.75, 3.05) is 32.8 Å². The number of nitrogens with zero attached hydrogens (tertiary/aromatic N) is 5. The summed E-state index contributed by atoms with van der Waals surface area (Å²) in [5.74, 6) is 1.85. The second kappa shape index (κ2) is 11.9. The van der Waals surface area contributed by atoms with Crippen LogP contribution in [0.2, 0.25) is 10.0 Å². The molecule has 1 aromatic carbocycles. The molecular formula is C30H30Cl2N6O4. The van der Waals surface area contributed by atoms with Gasteiger partial charge in [-0.2, -0.15) is 5.10 Å². The lowest BCUT2D eigenvalue weighted by Gasteiger charge is -2.19. The van der Waals surface area contributed by atoms with Gasteiger partial charge in [0.25, 0.3) is 0 Å². The van der Waals surface area contributed by atoms with Crippen LogP contribution in [-0.4, -0.2) is 64.0 Å². The molecule has 218 valence electrons. The smallest absolute Gasteiger partial charge is 0.223 e. The Kier molecular flexibility index (Phi) is 8.02. The van der Waals surface area contributed by atoms with E-state index in [1.165, 1.54) is 33.1 Å². The van der Waals surface area contributed by atoms with Crippen LogP contribution in [-0.2, 0) is 16.1 Å². The average Bonchev–Trinajstić information content (AvgIpc) is 3.51. The fourth-order valence-corrected chi connectivity index (χ4v) is 5.86. The van der Waals surface area contributed by atoms with Crippen LogP contribution in [0.1, 0.15) is 19.3 Å². The summed E-state index contributed by atoms with van der Waals surface area (Å²) in [5, 5.41) is 9.31. The van der Waals surface area contributed by atoms with Crippen LogP contribution in [0.4, 0.5) is 5.95 Å². The number of hydrogen-bond acceptors (Lipinski definition) is 9. The number of ether oxygens (including phenoxy) is 3. The number of fused-ring (bicyclic) bond motifs is 1. The maximum Gasteiger partial charge on any atom is 0.223 e. The van der Waals surface area contributed by atoms with Crippen molar-refractivity contribution >= 4 is 45.8 Å². The van der Waals surface area contributed by atoms with Crippen molar-refractivity contribution in [3.63, 3.8) is 0 Å². The van der Waals surface area contributed by atoms with Crippen molar-refractivity contribution < 1.29 is 19.0 Å². The van der Waals surface area contributed by atoms with E-state index < -0.39 is 0 Å². The van der Waals surface area contributed by atoms with Gasteiger partial charge in [0.1, 0.15) is 22.7 Å². The highest BCUT2D eigenvalue weighted by molar-refractivity contribution is 6.41. The molecule has 1 aliphatic carbocycles. The molecular weight excluding hydrogens is 579 g/mol. The number of halogens is 2. The first-order chi connectivity index (χ1) is 20.4. The lowest BCUT2D eigenvalue weighted by atomic mass is 9.97. The molecule has 0 bridgehead atoms. The van der Waals surface area contributed by atoms with E-state index in [-0.39, 0.29) is 17.7 Å². The molecule has 0 amide bonds. The van der Waals surface area contributed by atoms with Gasteiger partial charge < -0.3 is 19.5 Å². The van der Waals surface area contributed by atoms with Gasteiger partial charge in [0, 0.05) is 53.9 Å². The van der Waals surface area contributed by atoms with Crippen LogP contribution in [0, 0.1) is 11.8 Å². The van der Waals surface area contributed by atoms with Crippen molar-refractivity contribution in [2.24, 2.45) is 11.8 Å². The number of ketones is 1. The van der Waals surface area contributed by atoms with E-state index in [9.17, 15) is 4.79 Å². The highest BCUT2D eigenvalue weighted by Gasteiger charge is 2.30. The SMILES string of the molecule is C=CC(=O)C[C@H]1COC[C@H]1Nc1ncc2cc(-c3c(Cl)c(OC)cc(OC)c3Cl)nc(-c3cnn(CC4CC4)c3)c2n1. The van der Waals surface area contributed by atoms with E-state index in [1.54, 1.807) is 18.5 Å². The first-order valence-electron chi connectivity index (χ1n) is 13.7. The summed E-state index contributed by atoms with van der Waals surface area (Å²) in [6.45, 7) is 5.37. The Bertz CT molecular complexity index is 1640. The second-order valence-electron chi connectivity index (χ2n) is 10.6. The molecule has 6 rings (SSSR count). The highest BCUT2D eigenvalue weighted by atomic mass is 35.5. The molecule has 1 saturated heterocycles. The predicted molar refractivity (Wildman–Crippen MR) is 161 cm³/mol. The number of nitrogens with one attached hydrogen (secondary N) is 1. The maximum absolute atomic E-state index is 12.0. The number of hydrogen-bond donors (Lipinski definition) is 1. The Morgan fingerprint density at radius 1 is 1.14 bits per heavy atom. The van der Waals surface area contributed by atoms with Gasteiger partial charge in [-0.25, -0.2) is 15.0 Å². The number of carbonyl (C=O) groups is 1. The second-order valence-corrected chi connectivity index (χ2v) is 11.3. The molecule has 1 N–H and O–H groups in total. The summed E-state index contributed by atoms with van der Waals surface area (Å²) in [4.78, 5) is 26.5. The largest absolute Gasteiger partial charge is 0.495 e. The number of pyridine rings is 1. The van der Waals surface area contributed by atoms with Gasteiger partial charge in [0.15, 0.2) is 5.78 Å². The molecule has 0 radical (unpaired) electrons. The fraction of sp³-hybridized carbons (Fsp3) is 0.367. The number of carbonyl (C=O) groups excluding carboxylic acids is 1. The van der Waals surface area contributed by atoms with Crippen molar-refractivity contribution in [3.05, 3.63) is 53.4 Å².